The molecule has 0 spiro atoms. The van der Waals surface area contributed by atoms with Crippen LogP contribution in [-0.2, 0) is 6.54 Å². The molecule has 2 aromatic carbocycles. The minimum Gasteiger partial charge on any atom is -0.353 e. The predicted octanol–water partition coefficient (Wildman–Crippen LogP) is 3.55. The second-order valence-electron chi connectivity index (χ2n) is 6.28. The van der Waals surface area contributed by atoms with Crippen LogP contribution in [0.4, 0.5) is 10.1 Å². The maximum atomic E-state index is 13.1. The van der Waals surface area contributed by atoms with Crippen molar-refractivity contribution in [3.05, 3.63) is 88.7 Å². The minimum atomic E-state index is -0.419. The number of halogens is 1. The number of para-hydroxylation sites is 1. The first-order valence-electron chi connectivity index (χ1n) is 8.82. The fourth-order valence-electron chi connectivity index (χ4n) is 2.98. The number of amides is 1. The van der Waals surface area contributed by atoms with Crippen LogP contribution in [0.5, 0.6) is 0 Å². The van der Waals surface area contributed by atoms with E-state index in [0.29, 0.717) is 29.2 Å². The average molecular weight is 376 g/mol. The molecule has 0 radical (unpaired) electrons. The highest BCUT2D eigenvalue weighted by Gasteiger charge is 2.24. The van der Waals surface area contributed by atoms with Gasteiger partial charge < -0.3 is 9.88 Å². The van der Waals surface area contributed by atoms with Gasteiger partial charge in [-0.1, -0.05) is 18.2 Å². The Labute approximate surface area is 160 Å². The quantitative estimate of drug-likeness (QED) is 0.592. The number of nitrogens with one attached hydrogen (secondary N) is 1. The van der Waals surface area contributed by atoms with Crippen molar-refractivity contribution in [3.63, 3.8) is 0 Å². The molecule has 4 rings (SSSR count). The van der Waals surface area contributed by atoms with E-state index in [-0.39, 0.29) is 16.9 Å². The van der Waals surface area contributed by atoms with Gasteiger partial charge in [-0.3, -0.25) is 9.59 Å². The first kappa shape index (κ1) is 17.7. The standard InChI is InChI=1S/C21H17FN4O2/c1-2-25-12-17(20(27)23-15-10-8-14(22)9-11-15)19-18(13-25)21(28)26(24-19)16-6-4-3-5-7-16/h3-13H,2H2,1H3,(H,23,27). The molecule has 0 aliphatic carbocycles. The molecule has 1 amide bonds. The van der Waals surface area contributed by atoms with E-state index in [1.807, 2.05) is 25.1 Å². The number of carbonyl (C=O) groups excluding carboxylic acids is 1. The Hall–Kier alpha value is -3.74. The van der Waals surface area contributed by atoms with Gasteiger partial charge in [-0.2, -0.15) is 9.78 Å². The Morgan fingerprint density at radius 2 is 1.79 bits per heavy atom. The SMILES string of the molecule is CCn1cc(C(=O)Nc2ccc(F)cc2)c2nn(-c3ccccc3)c(=O)c-2c1. The fourth-order valence-corrected chi connectivity index (χ4v) is 2.98. The van der Waals surface area contributed by atoms with Gasteiger partial charge in [0.05, 0.1) is 16.8 Å². The molecular formula is C21H17FN4O2. The number of benzene rings is 2. The van der Waals surface area contributed by atoms with Crippen molar-refractivity contribution in [2.45, 2.75) is 13.5 Å². The number of rotatable bonds is 4. The van der Waals surface area contributed by atoms with Crippen molar-refractivity contribution in [2.75, 3.05) is 5.32 Å². The van der Waals surface area contributed by atoms with E-state index in [1.54, 1.807) is 29.1 Å². The minimum absolute atomic E-state index is 0.274. The number of anilines is 1. The summed E-state index contributed by atoms with van der Waals surface area (Å²) in [5.74, 6) is -0.807. The van der Waals surface area contributed by atoms with E-state index in [1.165, 1.54) is 28.9 Å². The number of nitrogens with zero attached hydrogens (tertiary/aromatic N) is 3. The molecule has 0 fully saturated rings. The smallest absolute Gasteiger partial charge is 0.282 e. The highest BCUT2D eigenvalue weighted by molar-refractivity contribution is 6.08. The van der Waals surface area contributed by atoms with Crippen LogP contribution in [-0.4, -0.2) is 20.3 Å². The van der Waals surface area contributed by atoms with Crippen LogP contribution in [0.25, 0.3) is 16.9 Å². The molecule has 140 valence electrons. The van der Waals surface area contributed by atoms with Crippen molar-refractivity contribution in [1.29, 1.82) is 0 Å². The van der Waals surface area contributed by atoms with Crippen LogP contribution in [0.15, 0.2) is 71.8 Å². The summed E-state index contributed by atoms with van der Waals surface area (Å²) in [6.45, 7) is 2.50. The van der Waals surface area contributed by atoms with E-state index in [9.17, 15) is 14.0 Å². The van der Waals surface area contributed by atoms with Gasteiger partial charge in [0.15, 0.2) is 0 Å². The maximum absolute atomic E-state index is 13.1. The van der Waals surface area contributed by atoms with E-state index >= 15 is 0 Å². The Kier molecular flexibility index (Phi) is 4.49. The summed E-state index contributed by atoms with van der Waals surface area (Å²) in [4.78, 5) is 25.8. The summed E-state index contributed by atoms with van der Waals surface area (Å²) in [6.07, 6.45) is 3.35. The molecule has 0 unspecified atom stereocenters. The molecule has 0 aromatic heterocycles. The summed E-state index contributed by atoms with van der Waals surface area (Å²) < 4.78 is 16.2. The van der Waals surface area contributed by atoms with Crippen LogP contribution >= 0.6 is 0 Å². The number of fused-ring (bicyclic) bond motifs is 1. The van der Waals surface area contributed by atoms with Crippen LogP contribution in [0.3, 0.4) is 0 Å². The predicted molar refractivity (Wildman–Crippen MR) is 104 cm³/mol. The molecule has 1 N–H and O–H groups in total. The lowest BCUT2D eigenvalue weighted by Crippen LogP contribution is -2.17. The first-order valence-corrected chi connectivity index (χ1v) is 8.82. The zero-order chi connectivity index (χ0) is 19.7. The molecule has 0 saturated carbocycles. The van der Waals surface area contributed by atoms with Gasteiger partial charge in [0.25, 0.3) is 11.5 Å². The average Bonchev–Trinajstić information content (AvgIpc) is 3.06. The normalized spacial score (nSPS) is 10.9. The molecule has 0 bridgehead atoms. The molecule has 2 aliphatic heterocycles. The Morgan fingerprint density at radius 3 is 2.46 bits per heavy atom. The largest absolute Gasteiger partial charge is 0.353 e. The second kappa shape index (κ2) is 7.11. The van der Waals surface area contributed by atoms with Crippen LogP contribution in [0, 0.1) is 5.82 Å². The lowest BCUT2D eigenvalue weighted by Gasteiger charge is -2.11. The number of carbonyl (C=O) groups is 1. The number of hydrogen-bond donors (Lipinski definition) is 1. The van der Waals surface area contributed by atoms with E-state index in [2.05, 4.69) is 10.4 Å². The third-order valence-electron chi connectivity index (χ3n) is 4.44. The van der Waals surface area contributed by atoms with Crippen molar-refractivity contribution in [1.82, 2.24) is 14.3 Å². The monoisotopic (exact) mass is 376 g/mol. The third kappa shape index (κ3) is 3.18. The molecular weight excluding hydrogens is 359 g/mol. The summed E-state index contributed by atoms with van der Waals surface area (Å²) in [5.41, 5.74) is 1.74. The number of hydrogen-bond acceptors (Lipinski definition) is 3. The first-order chi connectivity index (χ1) is 13.6. The molecule has 28 heavy (non-hydrogen) atoms. The second-order valence-corrected chi connectivity index (χ2v) is 6.28. The van der Waals surface area contributed by atoms with Crippen LogP contribution < -0.4 is 10.9 Å². The number of aromatic nitrogens is 3. The number of pyridine rings is 1. The van der Waals surface area contributed by atoms with Gasteiger partial charge in [-0.05, 0) is 43.3 Å². The summed E-state index contributed by atoms with van der Waals surface area (Å²) in [5, 5.41) is 7.13. The zero-order valence-electron chi connectivity index (χ0n) is 15.1. The van der Waals surface area contributed by atoms with Crippen LogP contribution in [0.2, 0.25) is 0 Å². The molecule has 2 heterocycles. The maximum Gasteiger partial charge on any atom is 0.282 e. The van der Waals surface area contributed by atoms with Gasteiger partial charge in [0, 0.05) is 24.6 Å². The van der Waals surface area contributed by atoms with Gasteiger partial charge in [0.1, 0.15) is 11.5 Å². The highest BCUT2D eigenvalue weighted by Crippen LogP contribution is 2.23. The summed E-state index contributed by atoms with van der Waals surface area (Å²) in [6, 6.07) is 14.5. The zero-order valence-corrected chi connectivity index (χ0v) is 15.1. The Morgan fingerprint density at radius 1 is 1.07 bits per heavy atom. The van der Waals surface area contributed by atoms with E-state index < -0.39 is 5.91 Å². The lowest BCUT2D eigenvalue weighted by molar-refractivity contribution is 0.102. The van der Waals surface area contributed by atoms with E-state index in [4.69, 9.17) is 0 Å². The van der Waals surface area contributed by atoms with Crippen molar-refractivity contribution < 1.29 is 9.18 Å². The topological polar surface area (TPSA) is 68.9 Å². The third-order valence-corrected chi connectivity index (χ3v) is 4.44. The molecule has 7 heteroatoms. The Bertz CT molecular complexity index is 1160. The van der Waals surface area contributed by atoms with Gasteiger partial charge >= 0.3 is 0 Å². The molecule has 0 atom stereocenters. The fraction of sp³-hybridized carbons (Fsp3) is 0.0952. The Balaban J connectivity index is 1.82. The van der Waals surface area contributed by atoms with Gasteiger partial charge in [0.2, 0.25) is 0 Å². The van der Waals surface area contributed by atoms with Crippen molar-refractivity contribution in [2.24, 2.45) is 0 Å². The molecule has 0 saturated heterocycles. The van der Waals surface area contributed by atoms with Crippen LogP contribution in [0.1, 0.15) is 17.3 Å². The number of aryl methyl sites for hydroxylation is 1. The van der Waals surface area contributed by atoms with E-state index in [0.717, 1.165) is 0 Å². The lowest BCUT2D eigenvalue weighted by atomic mass is 10.1. The molecule has 2 aromatic rings. The van der Waals surface area contributed by atoms with Crippen molar-refractivity contribution in [3.8, 4) is 16.9 Å². The molecule has 2 aliphatic rings. The summed E-state index contributed by atoms with van der Waals surface area (Å²) >= 11 is 0. The van der Waals surface area contributed by atoms with Crippen molar-refractivity contribution >= 4 is 11.6 Å². The highest BCUT2D eigenvalue weighted by atomic mass is 19.1. The van der Waals surface area contributed by atoms with Gasteiger partial charge in [-0.25, -0.2) is 4.39 Å². The summed E-state index contributed by atoms with van der Waals surface area (Å²) in [7, 11) is 0. The molecule has 6 nitrogen and oxygen atoms in total. The van der Waals surface area contributed by atoms with Gasteiger partial charge in [-0.15, -0.1) is 0 Å².